The largest absolute Gasteiger partial charge is 0.497 e. The molecule has 0 fully saturated rings. The fraction of sp³-hybridized carbons (Fsp3) is 0.364. The predicted octanol–water partition coefficient (Wildman–Crippen LogP) is 1.68. The van der Waals surface area contributed by atoms with E-state index in [2.05, 4.69) is 4.74 Å². The van der Waals surface area contributed by atoms with Crippen molar-refractivity contribution in [3.8, 4) is 5.75 Å². The lowest BCUT2D eigenvalue weighted by molar-refractivity contribution is -0.141. The molecule has 0 saturated carbocycles. The fourth-order valence-corrected chi connectivity index (χ4v) is 1.23. The van der Waals surface area contributed by atoms with Gasteiger partial charge in [-0.15, -0.1) is 12.4 Å². The number of ether oxygens (including phenoxy) is 2. The number of carbonyl (C=O) groups excluding carboxylic acids is 1. The van der Waals surface area contributed by atoms with E-state index in [-0.39, 0.29) is 30.8 Å². The summed E-state index contributed by atoms with van der Waals surface area (Å²) in [5, 5.41) is 0. The van der Waals surface area contributed by atoms with Crippen LogP contribution in [0.4, 0.5) is 0 Å². The zero-order valence-electron chi connectivity index (χ0n) is 9.30. The molecule has 5 heteroatoms. The Balaban J connectivity index is 0.00000225. The number of nitrogens with two attached hydrogens (primary N) is 1. The highest BCUT2D eigenvalue weighted by Gasteiger charge is 2.11. The van der Waals surface area contributed by atoms with Gasteiger partial charge in [0, 0.05) is 6.04 Å². The van der Waals surface area contributed by atoms with Crippen molar-refractivity contribution in [2.45, 2.75) is 12.5 Å². The van der Waals surface area contributed by atoms with Gasteiger partial charge in [0.25, 0.3) is 0 Å². The van der Waals surface area contributed by atoms with Gasteiger partial charge in [-0.05, 0) is 17.7 Å². The van der Waals surface area contributed by atoms with Crippen molar-refractivity contribution in [2.75, 3.05) is 14.2 Å². The fourth-order valence-electron chi connectivity index (χ4n) is 1.23. The van der Waals surface area contributed by atoms with Crippen LogP contribution in [-0.2, 0) is 9.53 Å². The van der Waals surface area contributed by atoms with Crippen LogP contribution in [0.2, 0.25) is 0 Å². The number of halogens is 1. The van der Waals surface area contributed by atoms with Crippen LogP contribution in [0.1, 0.15) is 18.0 Å². The third-order valence-electron chi connectivity index (χ3n) is 2.16. The number of hydrogen-bond acceptors (Lipinski definition) is 4. The van der Waals surface area contributed by atoms with Gasteiger partial charge in [-0.3, -0.25) is 4.79 Å². The van der Waals surface area contributed by atoms with E-state index in [0.717, 1.165) is 11.3 Å². The molecule has 0 aliphatic rings. The highest BCUT2D eigenvalue weighted by Crippen LogP contribution is 2.18. The van der Waals surface area contributed by atoms with Gasteiger partial charge in [0.15, 0.2) is 0 Å². The molecule has 0 aliphatic heterocycles. The van der Waals surface area contributed by atoms with Gasteiger partial charge in [0.1, 0.15) is 5.75 Å². The molecule has 0 saturated heterocycles. The lowest BCUT2D eigenvalue weighted by Crippen LogP contribution is -2.16. The molecule has 0 bridgehead atoms. The van der Waals surface area contributed by atoms with Crippen molar-refractivity contribution in [3.63, 3.8) is 0 Å². The van der Waals surface area contributed by atoms with Crippen molar-refractivity contribution >= 4 is 18.4 Å². The summed E-state index contributed by atoms with van der Waals surface area (Å²) in [7, 11) is 2.95. The van der Waals surface area contributed by atoms with E-state index in [4.69, 9.17) is 10.5 Å². The number of rotatable bonds is 4. The normalized spacial score (nSPS) is 11.2. The quantitative estimate of drug-likeness (QED) is 0.820. The van der Waals surface area contributed by atoms with Crippen molar-refractivity contribution in [2.24, 2.45) is 5.73 Å². The van der Waals surface area contributed by atoms with Crippen LogP contribution in [0.15, 0.2) is 24.3 Å². The SMILES string of the molecule is COC(=O)CC(N)c1ccc(OC)cc1.Cl. The highest BCUT2D eigenvalue weighted by molar-refractivity contribution is 5.85. The Morgan fingerprint density at radius 3 is 2.31 bits per heavy atom. The summed E-state index contributed by atoms with van der Waals surface area (Å²) in [4.78, 5) is 11.0. The maximum atomic E-state index is 11.0. The molecule has 0 aromatic heterocycles. The molecule has 1 rings (SSSR count). The van der Waals surface area contributed by atoms with E-state index in [1.807, 2.05) is 24.3 Å². The maximum absolute atomic E-state index is 11.0. The minimum Gasteiger partial charge on any atom is -0.497 e. The van der Waals surface area contributed by atoms with Crippen molar-refractivity contribution in [1.29, 1.82) is 0 Å². The molecule has 4 nitrogen and oxygen atoms in total. The number of methoxy groups -OCH3 is 2. The van der Waals surface area contributed by atoms with Crippen LogP contribution in [0.25, 0.3) is 0 Å². The second kappa shape index (κ2) is 7.09. The van der Waals surface area contributed by atoms with Crippen LogP contribution in [0.5, 0.6) is 5.75 Å². The topological polar surface area (TPSA) is 61.5 Å². The molecular formula is C11H16ClNO3. The van der Waals surface area contributed by atoms with E-state index >= 15 is 0 Å². The van der Waals surface area contributed by atoms with E-state index in [9.17, 15) is 4.79 Å². The van der Waals surface area contributed by atoms with Gasteiger partial charge in [0.05, 0.1) is 20.6 Å². The second-order valence-electron chi connectivity index (χ2n) is 3.16. The van der Waals surface area contributed by atoms with Gasteiger partial charge in [-0.25, -0.2) is 0 Å². The molecule has 0 aliphatic carbocycles. The first-order valence-electron chi connectivity index (χ1n) is 4.63. The minimum absolute atomic E-state index is 0. The van der Waals surface area contributed by atoms with Crippen LogP contribution >= 0.6 is 12.4 Å². The van der Waals surface area contributed by atoms with Crippen LogP contribution in [0, 0.1) is 0 Å². The predicted molar refractivity (Wildman–Crippen MR) is 63.8 cm³/mol. The Bertz CT molecular complexity index is 327. The molecule has 0 heterocycles. The van der Waals surface area contributed by atoms with Crippen molar-refractivity contribution in [1.82, 2.24) is 0 Å². The summed E-state index contributed by atoms with van der Waals surface area (Å²) in [6.07, 6.45) is 0.183. The van der Waals surface area contributed by atoms with Crippen LogP contribution in [-0.4, -0.2) is 20.2 Å². The zero-order valence-corrected chi connectivity index (χ0v) is 10.1. The van der Waals surface area contributed by atoms with E-state index in [1.165, 1.54) is 7.11 Å². The first kappa shape index (κ1) is 14.7. The Hall–Kier alpha value is -1.26. The monoisotopic (exact) mass is 245 g/mol. The summed E-state index contributed by atoms with van der Waals surface area (Å²) in [5.41, 5.74) is 6.71. The van der Waals surface area contributed by atoms with E-state index < -0.39 is 0 Å². The highest BCUT2D eigenvalue weighted by atomic mass is 35.5. The molecule has 0 amide bonds. The summed E-state index contributed by atoms with van der Waals surface area (Å²) in [5.74, 6) is 0.460. The van der Waals surface area contributed by atoms with E-state index in [1.54, 1.807) is 7.11 Å². The summed E-state index contributed by atoms with van der Waals surface area (Å²) in [6, 6.07) is 6.97. The minimum atomic E-state index is -0.330. The maximum Gasteiger partial charge on any atom is 0.307 e. The average Bonchev–Trinajstić information content (AvgIpc) is 2.29. The molecule has 90 valence electrons. The lowest BCUT2D eigenvalue weighted by Gasteiger charge is -2.10. The second-order valence-corrected chi connectivity index (χ2v) is 3.16. The smallest absolute Gasteiger partial charge is 0.307 e. The molecule has 1 unspecified atom stereocenters. The van der Waals surface area contributed by atoms with Gasteiger partial charge in [-0.1, -0.05) is 12.1 Å². The first-order valence-corrected chi connectivity index (χ1v) is 4.63. The third kappa shape index (κ3) is 4.08. The molecule has 0 radical (unpaired) electrons. The molecule has 1 aromatic rings. The summed E-state index contributed by atoms with van der Waals surface area (Å²) < 4.78 is 9.56. The van der Waals surface area contributed by atoms with E-state index in [0.29, 0.717) is 0 Å². The van der Waals surface area contributed by atoms with Gasteiger partial charge >= 0.3 is 5.97 Å². The third-order valence-corrected chi connectivity index (χ3v) is 2.16. The van der Waals surface area contributed by atoms with Gasteiger partial charge < -0.3 is 15.2 Å². The number of benzene rings is 1. The average molecular weight is 246 g/mol. The molecule has 0 spiro atoms. The molecule has 2 N–H and O–H groups in total. The number of hydrogen-bond donors (Lipinski definition) is 1. The Labute approximate surface area is 101 Å². The molecule has 16 heavy (non-hydrogen) atoms. The lowest BCUT2D eigenvalue weighted by atomic mass is 10.0. The summed E-state index contributed by atoms with van der Waals surface area (Å²) in [6.45, 7) is 0. The van der Waals surface area contributed by atoms with Gasteiger partial charge in [0.2, 0.25) is 0 Å². The Kier molecular flexibility index (Phi) is 6.53. The Morgan fingerprint density at radius 1 is 1.31 bits per heavy atom. The van der Waals surface area contributed by atoms with Gasteiger partial charge in [-0.2, -0.15) is 0 Å². The standard InChI is InChI=1S/C11H15NO3.ClH/c1-14-9-5-3-8(4-6-9)10(12)7-11(13)15-2;/h3-6,10H,7,12H2,1-2H3;1H. The van der Waals surface area contributed by atoms with Crippen LogP contribution < -0.4 is 10.5 Å². The first-order chi connectivity index (χ1) is 7.17. The zero-order chi connectivity index (χ0) is 11.3. The molecule has 1 aromatic carbocycles. The van der Waals surface area contributed by atoms with Crippen LogP contribution in [0.3, 0.4) is 0 Å². The van der Waals surface area contributed by atoms with Crippen molar-refractivity contribution in [3.05, 3.63) is 29.8 Å². The summed E-state index contributed by atoms with van der Waals surface area (Å²) >= 11 is 0. The number of carbonyl (C=O) groups is 1. The number of esters is 1. The Morgan fingerprint density at radius 2 is 1.88 bits per heavy atom. The van der Waals surface area contributed by atoms with Crippen molar-refractivity contribution < 1.29 is 14.3 Å². The molecular weight excluding hydrogens is 230 g/mol. The molecule has 1 atom stereocenters.